The molecule has 0 spiro atoms. The lowest BCUT2D eigenvalue weighted by molar-refractivity contribution is 0.0536. The number of ether oxygens (including phenoxy) is 1. The molecular weight excluding hydrogens is 332 g/mol. The molecule has 0 amide bonds. The highest BCUT2D eigenvalue weighted by atomic mass is 32.2. The van der Waals surface area contributed by atoms with Crippen LogP contribution in [0.5, 0.6) is 0 Å². The predicted molar refractivity (Wildman–Crippen MR) is 91.8 cm³/mol. The van der Waals surface area contributed by atoms with E-state index in [-0.39, 0.29) is 6.10 Å². The van der Waals surface area contributed by atoms with Crippen molar-refractivity contribution in [2.24, 2.45) is 0 Å². The van der Waals surface area contributed by atoms with Crippen molar-refractivity contribution in [3.8, 4) is 0 Å². The zero-order chi connectivity index (χ0) is 16.4. The van der Waals surface area contributed by atoms with Gasteiger partial charge in [0.25, 0.3) is 0 Å². The largest absolute Gasteiger partial charge is 0.370 e. The summed E-state index contributed by atoms with van der Waals surface area (Å²) in [7, 11) is -3.14. The molecule has 1 atom stereocenters. The normalized spacial score (nSPS) is 18.5. The Labute approximate surface area is 140 Å². The van der Waals surface area contributed by atoms with Gasteiger partial charge in [-0.05, 0) is 37.6 Å². The number of nitrogens with zero attached hydrogens (tertiary/aromatic N) is 2. The summed E-state index contributed by atoms with van der Waals surface area (Å²) in [5.74, 6) is 0. The van der Waals surface area contributed by atoms with Crippen LogP contribution in [-0.2, 0) is 21.2 Å². The van der Waals surface area contributed by atoms with E-state index in [1.807, 2.05) is 24.4 Å². The molecule has 0 aliphatic carbocycles. The lowest BCUT2D eigenvalue weighted by Crippen LogP contribution is -2.22. The molecule has 1 fully saturated rings. The summed E-state index contributed by atoms with van der Waals surface area (Å²) in [6.07, 6.45) is 2.38. The molecule has 7 heteroatoms. The van der Waals surface area contributed by atoms with Crippen LogP contribution in [0.1, 0.15) is 17.1 Å². The Kier molecular flexibility index (Phi) is 4.70. The highest BCUT2D eigenvalue weighted by Crippen LogP contribution is 2.24. The third kappa shape index (κ3) is 4.10. The number of aromatic nitrogens is 1. The second-order valence-corrected chi connectivity index (χ2v) is 8.87. The van der Waals surface area contributed by atoms with E-state index in [1.54, 1.807) is 23.5 Å². The molecule has 2 aromatic rings. The van der Waals surface area contributed by atoms with Gasteiger partial charge in [0.05, 0.1) is 28.3 Å². The Hall–Kier alpha value is -1.44. The van der Waals surface area contributed by atoms with Gasteiger partial charge in [-0.15, -0.1) is 11.3 Å². The summed E-state index contributed by atoms with van der Waals surface area (Å²) in [5.41, 5.74) is 2.02. The summed E-state index contributed by atoms with van der Waals surface area (Å²) in [6, 6.07) is 7.05. The highest BCUT2D eigenvalue weighted by Gasteiger charge is 2.23. The number of rotatable bonds is 5. The van der Waals surface area contributed by atoms with Crippen LogP contribution in [0.2, 0.25) is 0 Å². The van der Waals surface area contributed by atoms with Gasteiger partial charge in [-0.2, -0.15) is 0 Å². The van der Waals surface area contributed by atoms with Crippen LogP contribution in [0, 0.1) is 6.92 Å². The molecule has 0 N–H and O–H groups in total. The molecule has 23 heavy (non-hydrogen) atoms. The average Bonchev–Trinajstić information content (AvgIpc) is 3.13. The summed E-state index contributed by atoms with van der Waals surface area (Å²) < 4.78 is 28.9. The maximum absolute atomic E-state index is 11.5. The number of hydrogen-bond acceptors (Lipinski definition) is 6. The van der Waals surface area contributed by atoms with E-state index in [0.29, 0.717) is 11.5 Å². The van der Waals surface area contributed by atoms with Crippen molar-refractivity contribution in [3.63, 3.8) is 0 Å². The maximum Gasteiger partial charge on any atom is 0.175 e. The van der Waals surface area contributed by atoms with E-state index < -0.39 is 9.84 Å². The van der Waals surface area contributed by atoms with Gasteiger partial charge in [0.15, 0.2) is 9.84 Å². The SMILES string of the molecule is Cc1nc(CO[C@H]2CCN(c3ccc(S(C)(=O)=O)cc3)C2)cs1. The number of anilines is 1. The van der Waals surface area contributed by atoms with Gasteiger partial charge in [-0.3, -0.25) is 0 Å². The fourth-order valence-electron chi connectivity index (χ4n) is 2.68. The molecule has 3 rings (SSSR count). The van der Waals surface area contributed by atoms with Crippen molar-refractivity contribution in [3.05, 3.63) is 40.3 Å². The van der Waals surface area contributed by atoms with E-state index in [9.17, 15) is 8.42 Å². The van der Waals surface area contributed by atoms with Crippen molar-refractivity contribution in [1.29, 1.82) is 0 Å². The zero-order valence-electron chi connectivity index (χ0n) is 13.2. The Morgan fingerprint density at radius 1 is 1.35 bits per heavy atom. The van der Waals surface area contributed by atoms with Gasteiger partial charge >= 0.3 is 0 Å². The molecule has 0 saturated carbocycles. The first-order chi connectivity index (χ1) is 10.9. The molecule has 0 radical (unpaired) electrons. The van der Waals surface area contributed by atoms with Gasteiger partial charge < -0.3 is 9.64 Å². The molecule has 1 saturated heterocycles. The van der Waals surface area contributed by atoms with E-state index in [0.717, 1.165) is 35.9 Å². The second kappa shape index (κ2) is 6.59. The average molecular weight is 352 g/mol. The summed E-state index contributed by atoms with van der Waals surface area (Å²) >= 11 is 1.64. The topological polar surface area (TPSA) is 59.5 Å². The minimum Gasteiger partial charge on any atom is -0.370 e. The van der Waals surface area contributed by atoms with E-state index >= 15 is 0 Å². The number of hydrogen-bond donors (Lipinski definition) is 0. The van der Waals surface area contributed by atoms with Gasteiger partial charge in [0, 0.05) is 30.4 Å². The molecule has 1 aliphatic rings. The Bertz CT molecular complexity index is 769. The van der Waals surface area contributed by atoms with E-state index in [2.05, 4.69) is 9.88 Å². The predicted octanol–water partition coefficient (Wildman–Crippen LogP) is 2.65. The second-order valence-electron chi connectivity index (χ2n) is 5.79. The Morgan fingerprint density at radius 2 is 2.09 bits per heavy atom. The summed E-state index contributed by atoms with van der Waals surface area (Å²) in [4.78, 5) is 6.98. The molecular formula is C16H20N2O3S2. The molecule has 1 aliphatic heterocycles. The van der Waals surface area contributed by atoms with Crippen molar-refractivity contribution < 1.29 is 13.2 Å². The molecule has 0 unspecified atom stereocenters. The first-order valence-corrected chi connectivity index (χ1v) is 10.3. The number of thiazole rings is 1. The van der Waals surface area contributed by atoms with Crippen LogP contribution in [0.4, 0.5) is 5.69 Å². The van der Waals surface area contributed by atoms with Gasteiger partial charge in [-0.25, -0.2) is 13.4 Å². The minimum absolute atomic E-state index is 0.187. The van der Waals surface area contributed by atoms with Crippen LogP contribution in [0.25, 0.3) is 0 Å². The summed E-state index contributed by atoms with van der Waals surface area (Å²) in [5, 5.41) is 3.09. The van der Waals surface area contributed by atoms with E-state index in [4.69, 9.17) is 4.74 Å². The third-order valence-corrected chi connectivity index (χ3v) is 5.86. The number of benzene rings is 1. The molecule has 0 bridgehead atoms. The minimum atomic E-state index is -3.14. The number of sulfone groups is 1. The zero-order valence-corrected chi connectivity index (χ0v) is 14.9. The fourth-order valence-corrected chi connectivity index (χ4v) is 3.91. The lowest BCUT2D eigenvalue weighted by Gasteiger charge is -2.19. The van der Waals surface area contributed by atoms with Gasteiger partial charge in [0.1, 0.15) is 0 Å². The lowest BCUT2D eigenvalue weighted by atomic mass is 10.3. The number of aryl methyl sites for hydroxylation is 1. The molecule has 1 aromatic carbocycles. The van der Waals surface area contributed by atoms with Crippen LogP contribution in [0.3, 0.4) is 0 Å². The first-order valence-electron chi connectivity index (χ1n) is 7.49. The van der Waals surface area contributed by atoms with E-state index in [1.165, 1.54) is 6.26 Å². The molecule has 1 aromatic heterocycles. The maximum atomic E-state index is 11.5. The van der Waals surface area contributed by atoms with Crippen LogP contribution in [-0.4, -0.2) is 38.9 Å². The van der Waals surface area contributed by atoms with Crippen LogP contribution < -0.4 is 4.90 Å². The smallest absolute Gasteiger partial charge is 0.175 e. The molecule has 2 heterocycles. The van der Waals surface area contributed by atoms with Crippen molar-refractivity contribution in [1.82, 2.24) is 4.98 Å². The Morgan fingerprint density at radius 3 is 2.70 bits per heavy atom. The van der Waals surface area contributed by atoms with Crippen molar-refractivity contribution in [2.45, 2.75) is 31.0 Å². The molecule has 5 nitrogen and oxygen atoms in total. The van der Waals surface area contributed by atoms with Gasteiger partial charge in [0.2, 0.25) is 0 Å². The first kappa shape index (κ1) is 16.4. The third-order valence-electron chi connectivity index (χ3n) is 3.91. The quantitative estimate of drug-likeness (QED) is 0.828. The van der Waals surface area contributed by atoms with Crippen LogP contribution in [0.15, 0.2) is 34.5 Å². The van der Waals surface area contributed by atoms with Crippen molar-refractivity contribution >= 4 is 26.9 Å². The standard InChI is InChI=1S/C16H20N2O3S2/c1-12-17-13(11-22-12)10-21-15-7-8-18(9-15)14-3-5-16(6-4-14)23(2,19)20/h3-6,11,15H,7-10H2,1-2H3/t15-/m0/s1. The fraction of sp³-hybridized carbons (Fsp3) is 0.438. The van der Waals surface area contributed by atoms with Crippen molar-refractivity contribution in [2.75, 3.05) is 24.2 Å². The summed E-state index contributed by atoms with van der Waals surface area (Å²) in [6.45, 7) is 4.28. The monoisotopic (exact) mass is 352 g/mol. The molecule has 124 valence electrons. The highest BCUT2D eigenvalue weighted by molar-refractivity contribution is 7.90. The Balaban J connectivity index is 1.57. The van der Waals surface area contributed by atoms with Crippen LogP contribution >= 0.6 is 11.3 Å². The van der Waals surface area contributed by atoms with Gasteiger partial charge in [-0.1, -0.05) is 0 Å².